The Morgan fingerprint density at radius 1 is 0.929 bits per heavy atom. The summed E-state index contributed by atoms with van der Waals surface area (Å²) in [6.07, 6.45) is 1.53. The Balaban J connectivity index is 1.81. The number of amidine groups is 1. The molecular formula is C30H29Cl4N3O4S. The van der Waals surface area contributed by atoms with Gasteiger partial charge in [0.15, 0.2) is 0 Å². The number of nitrogens with zero attached hydrogens (tertiary/aromatic N) is 3. The lowest BCUT2D eigenvalue weighted by atomic mass is 9.71. The van der Waals surface area contributed by atoms with Crippen molar-refractivity contribution in [1.82, 2.24) is 9.21 Å². The minimum Gasteiger partial charge on any atom is -0.493 e. The summed E-state index contributed by atoms with van der Waals surface area (Å²) in [4.78, 5) is 19.9. The fraction of sp³-hybridized carbons (Fsp3) is 0.333. The Hall–Kier alpha value is -2.33. The zero-order chi connectivity index (χ0) is 30.4. The van der Waals surface area contributed by atoms with E-state index in [2.05, 4.69) is 0 Å². The summed E-state index contributed by atoms with van der Waals surface area (Å²) < 4.78 is 34.7. The number of amides is 1. The van der Waals surface area contributed by atoms with Gasteiger partial charge >= 0.3 is 5.37 Å². The molecule has 222 valence electrons. The third-order valence-corrected chi connectivity index (χ3v) is 11.2. The second-order valence-corrected chi connectivity index (χ2v) is 14.0. The number of sulfonamides is 1. The van der Waals surface area contributed by atoms with Gasteiger partial charge in [-0.2, -0.15) is 4.31 Å². The minimum atomic E-state index is -3.94. The van der Waals surface area contributed by atoms with Crippen LogP contribution in [0.2, 0.25) is 15.1 Å². The van der Waals surface area contributed by atoms with Gasteiger partial charge < -0.3 is 4.74 Å². The van der Waals surface area contributed by atoms with E-state index in [0.717, 1.165) is 18.4 Å². The van der Waals surface area contributed by atoms with Gasteiger partial charge in [0.1, 0.15) is 27.6 Å². The third kappa shape index (κ3) is 5.10. The quantitative estimate of drug-likeness (QED) is 0.188. The maximum Gasteiger partial charge on any atom is 0.322 e. The molecular weight excluding hydrogens is 640 g/mol. The van der Waals surface area contributed by atoms with Gasteiger partial charge in [-0.3, -0.25) is 14.7 Å². The van der Waals surface area contributed by atoms with Crippen molar-refractivity contribution in [1.29, 1.82) is 0 Å². The molecule has 12 heteroatoms. The van der Waals surface area contributed by atoms with Crippen LogP contribution >= 0.6 is 46.4 Å². The number of hydrogen-bond acceptors (Lipinski definition) is 5. The van der Waals surface area contributed by atoms with Gasteiger partial charge in [0.2, 0.25) is 10.0 Å². The number of carbonyl (C=O) groups is 1. The molecule has 0 spiro atoms. The molecule has 1 fully saturated rings. The van der Waals surface area contributed by atoms with Crippen LogP contribution in [-0.4, -0.2) is 48.5 Å². The monoisotopic (exact) mass is 667 g/mol. The second-order valence-electron chi connectivity index (χ2n) is 10.5. The number of rotatable bonds is 7. The topological polar surface area (TPSA) is 79.3 Å². The predicted octanol–water partition coefficient (Wildman–Crippen LogP) is 8.08. The predicted molar refractivity (Wildman–Crippen MR) is 168 cm³/mol. The molecule has 0 bridgehead atoms. The van der Waals surface area contributed by atoms with Crippen molar-refractivity contribution >= 4 is 67.6 Å². The first-order chi connectivity index (χ1) is 19.8. The van der Waals surface area contributed by atoms with Crippen LogP contribution in [0.1, 0.15) is 50.3 Å². The number of benzene rings is 3. The van der Waals surface area contributed by atoms with E-state index in [1.54, 1.807) is 31.2 Å². The van der Waals surface area contributed by atoms with Gasteiger partial charge in [0.25, 0.3) is 0 Å². The SMILES string of the molecule is CCOc1cc(Cl)c(S(=O)(=O)N2CCCC2)cc1C1=N[C@@](C)(c2ccc(Cl)cc2)[C@](C)(c2ccc(Cl)cc2)N1C(=O)Cl. The van der Waals surface area contributed by atoms with Crippen LogP contribution in [0.3, 0.4) is 0 Å². The van der Waals surface area contributed by atoms with Gasteiger partial charge in [-0.25, -0.2) is 8.42 Å². The van der Waals surface area contributed by atoms with E-state index in [-0.39, 0.29) is 33.7 Å². The summed E-state index contributed by atoms with van der Waals surface area (Å²) in [6.45, 7) is 6.60. The summed E-state index contributed by atoms with van der Waals surface area (Å²) in [5.74, 6) is 0.409. The molecule has 0 radical (unpaired) electrons. The fourth-order valence-electron chi connectivity index (χ4n) is 5.79. The van der Waals surface area contributed by atoms with Crippen LogP contribution in [0.25, 0.3) is 0 Å². The highest BCUT2D eigenvalue weighted by Gasteiger charge is 2.59. The van der Waals surface area contributed by atoms with E-state index in [4.69, 9.17) is 56.1 Å². The van der Waals surface area contributed by atoms with E-state index < -0.39 is 26.5 Å². The Morgan fingerprint density at radius 2 is 1.48 bits per heavy atom. The van der Waals surface area contributed by atoms with Crippen LogP contribution in [0.5, 0.6) is 5.75 Å². The molecule has 1 saturated heterocycles. The number of ether oxygens (including phenoxy) is 1. The molecule has 2 aliphatic rings. The summed E-state index contributed by atoms with van der Waals surface area (Å²) in [5.41, 5.74) is -0.599. The Bertz CT molecular complexity index is 1660. The molecule has 7 nitrogen and oxygen atoms in total. The van der Waals surface area contributed by atoms with Crippen LogP contribution in [0, 0.1) is 0 Å². The molecule has 0 unspecified atom stereocenters. The first kappa shape index (κ1) is 31.1. The number of carbonyl (C=O) groups excluding carboxylic acids is 1. The van der Waals surface area contributed by atoms with Crippen molar-refractivity contribution < 1.29 is 17.9 Å². The highest BCUT2D eigenvalue weighted by atomic mass is 35.5. The highest BCUT2D eigenvalue weighted by molar-refractivity contribution is 7.89. The third-order valence-electron chi connectivity index (χ3n) is 8.18. The Morgan fingerprint density at radius 3 is 2.00 bits per heavy atom. The first-order valence-electron chi connectivity index (χ1n) is 13.4. The second kappa shape index (κ2) is 11.6. The van der Waals surface area contributed by atoms with Crippen LogP contribution < -0.4 is 4.74 Å². The molecule has 3 aromatic rings. The minimum absolute atomic E-state index is 0.0115. The number of halogens is 4. The first-order valence-corrected chi connectivity index (χ1v) is 16.4. The number of aliphatic imine (C=N–C) groups is 1. The Kier molecular flexibility index (Phi) is 8.62. The molecule has 0 saturated carbocycles. The largest absolute Gasteiger partial charge is 0.493 e. The van der Waals surface area contributed by atoms with Crippen molar-refractivity contribution in [2.75, 3.05) is 19.7 Å². The van der Waals surface area contributed by atoms with E-state index >= 15 is 0 Å². The number of hydrogen-bond donors (Lipinski definition) is 0. The molecule has 0 N–H and O–H groups in total. The Labute approximate surface area is 266 Å². The van der Waals surface area contributed by atoms with Crippen LogP contribution in [0.4, 0.5) is 4.79 Å². The van der Waals surface area contributed by atoms with Gasteiger partial charge in [0, 0.05) is 29.2 Å². The molecule has 3 aromatic carbocycles. The lowest BCUT2D eigenvalue weighted by Crippen LogP contribution is -2.53. The van der Waals surface area contributed by atoms with Crippen LogP contribution in [0.15, 0.2) is 70.6 Å². The van der Waals surface area contributed by atoms with Gasteiger partial charge in [-0.1, -0.05) is 59.1 Å². The summed E-state index contributed by atoms with van der Waals surface area (Å²) >= 11 is 25.4. The molecule has 5 rings (SSSR count). The van der Waals surface area contributed by atoms with Gasteiger partial charge in [-0.15, -0.1) is 0 Å². The molecule has 0 aliphatic carbocycles. The maximum atomic E-state index is 13.7. The smallest absolute Gasteiger partial charge is 0.322 e. The van der Waals surface area contributed by atoms with Crippen molar-refractivity contribution in [2.24, 2.45) is 4.99 Å². The lowest BCUT2D eigenvalue weighted by Gasteiger charge is -2.44. The fourth-order valence-corrected chi connectivity index (χ4v) is 8.33. The molecule has 1 amide bonds. The maximum absolute atomic E-state index is 13.7. The van der Waals surface area contributed by atoms with E-state index in [0.29, 0.717) is 28.7 Å². The van der Waals surface area contributed by atoms with E-state index in [1.165, 1.54) is 21.3 Å². The average molecular weight is 669 g/mol. The lowest BCUT2D eigenvalue weighted by molar-refractivity contribution is 0.149. The molecule has 2 aliphatic heterocycles. The van der Waals surface area contributed by atoms with E-state index in [9.17, 15) is 13.2 Å². The van der Waals surface area contributed by atoms with E-state index in [1.807, 2.05) is 38.1 Å². The van der Waals surface area contributed by atoms with Gasteiger partial charge in [0.05, 0.1) is 17.2 Å². The summed E-state index contributed by atoms with van der Waals surface area (Å²) in [7, 11) is -3.94. The highest BCUT2D eigenvalue weighted by Crippen LogP contribution is 2.54. The average Bonchev–Trinajstić information content (AvgIpc) is 3.57. The van der Waals surface area contributed by atoms with Crippen molar-refractivity contribution in [3.63, 3.8) is 0 Å². The molecule has 42 heavy (non-hydrogen) atoms. The molecule has 2 atom stereocenters. The molecule has 0 aromatic heterocycles. The van der Waals surface area contributed by atoms with Crippen LogP contribution in [-0.2, 0) is 21.1 Å². The zero-order valence-corrected chi connectivity index (χ0v) is 27.0. The normalized spacial score (nSPS) is 22.8. The van der Waals surface area contributed by atoms with Gasteiger partial charge in [-0.05, 0) is 86.7 Å². The van der Waals surface area contributed by atoms with Crippen molar-refractivity contribution in [3.05, 3.63) is 92.4 Å². The van der Waals surface area contributed by atoms with Crippen molar-refractivity contribution in [3.8, 4) is 5.75 Å². The standard InChI is InChI=1S/C30H29Cl4N3O4S/c1-4-41-25-18-24(33)26(42(39,40)36-15-5-6-16-36)17-23(25)27-35-29(2,19-7-11-21(31)12-8-19)30(3,37(27)28(34)38)20-9-13-22(32)14-10-20/h7-14,17-18H,4-6,15-16H2,1-3H3/t29-,30-/m0/s1. The molecule has 2 heterocycles. The summed E-state index contributed by atoms with van der Waals surface area (Å²) in [5, 5.41) is 0.255. The summed E-state index contributed by atoms with van der Waals surface area (Å²) in [6, 6.07) is 17.2. The zero-order valence-electron chi connectivity index (χ0n) is 23.2. The van der Waals surface area contributed by atoms with Crippen molar-refractivity contribution in [2.45, 2.75) is 49.6 Å².